The molecule has 1 unspecified atom stereocenters. The molecule has 1 aliphatic heterocycles. The molecule has 0 aliphatic carbocycles. The van der Waals surface area contributed by atoms with Gasteiger partial charge in [-0.1, -0.05) is 29.8 Å². The molecule has 1 aromatic heterocycles. The molecule has 1 aliphatic rings. The maximum atomic E-state index is 13.4. The number of anilines is 1. The highest BCUT2D eigenvalue weighted by atomic mass is 35.5. The average molecular weight is 443 g/mol. The smallest absolute Gasteiger partial charge is 0.243 e. The molecular formula is C23H27ClN4O3. The van der Waals surface area contributed by atoms with Crippen molar-refractivity contribution in [2.24, 2.45) is 0 Å². The molecule has 3 rings (SSSR count). The van der Waals surface area contributed by atoms with Crippen molar-refractivity contribution in [3.05, 3.63) is 59.2 Å². The summed E-state index contributed by atoms with van der Waals surface area (Å²) in [5, 5.41) is 0.608. The van der Waals surface area contributed by atoms with E-state index in [9.17, 15) is 14.4 Å². The molecule has 1 aromatic carbocycles. The highest BCUT2D eigenvalue weighted by molar-refractivity contribution is 6.30. The van der Waals surface area contributed by atoms with Crippen LogP contribution in [0.5, 0.6) is 0 Å². The first kappa shape index (κ1) is 22.7. The SMILES string of the molecule is CC(C)N(C=O)CC(=O)N(Cc1ccc(Cl)cc1)C1(C)CC(=O)N(c2ccccn2)C1. The lowest BCUT2D eigenvalue weighted by Crippen LogP contribution is -2.54. The van der Waals surface area contributed by atoms with Gasteiger partial charge in [0.05, 0.1) is 25.0 Å². The van der Waals surface area contributed by atoms with Crippen LogP contribution in [0.15, 0.2) is 48.7 Å². The van der Waals surface area contributed by atoms with Gasteiger partial charge in [0, 0.05) is 23.8 Å². The van der Waals surface area contributed by atoms with E-state index < -0.39 is 5.54 Å². The van der Waals surface area contributed by atoms with Gasteiger partial charge in [-0.15, -0.1) is 0 Å². The predicted octanol–water partition coefficient (Wildman–Crippen LogP) is 3.13. The molecule has 8 heteroatoms. The first-order valence-corrected chi connectivity index (χ1v) is 10.6. The van der Waals surface area contributed by atoms with Gasteiger partial charge in [-0.2, -0.15) is 0 Å². The Morgan fingerprint density at radius 2 is 1.97 bits per heavy atom. The molecule has 0 radical (unpaired) electrons. The van der Waals surface area contributed by atoms with Crippen LogP contribution in [0.2, 0.25) is 5.02 Å². The van der Waals surface area contributed by atoms with Gasteiger partial charge in [0.1, 0.15) is 5.82 Å². The van der Waals surface area contributed by atoms with E-state index in [1.165, 1.54) is 4.90 Å². The third kappa shape index (κ3) is 5.22. The van der Waals surface area contributed by atoms with Crippen LogP contribution in [0.1, 0.15) is 32.8 Å². The molecule has 3 amide bonds. The zero-order valence-electron chi connectivity index (χ0n) is 18.0. The van der Waals surface area contributed by atoms with Gasteiger partial charge < -0.3 is 9.80 Å². The normalized spacial score (nSPS) is 18.4. The Kier molecular flexibility index (Phi) is 6.95. The monoisotopic (exact) mass is 442 g/mol. The summed E-state index contributed by atoms with van der Waals surface area (Å²) in [7, 11) is 0. The summed E-state index contributed by atoms with van der Waals surface area (Å²) in [5.74, 6) is 0.256. The molecule has 164 valence electrons. The topological polar surface area (TPSA) is 73.8 Å². The van der Waals surface area contributed by atoms with Crippen molar-refractivity contribution in [1.82, 2.24) is 14.8 Å². The molecule has 0 spiro atoms. The Hall–Kier alpha value is -2.93. The van der Waals surface area contributed by atoms with E-state index in [0.29, 0.717) is 30.3 Å². The van der Waals surface area contributed by atoms with Gasteiger partial charge >= 0.3 is 0 Å². The van der Waals surface area contributed by atoms with E-state index in [1.807, 2.05) is 39.0 Å². The zero-order valence-corrected chi connectivity index (χ0v) is 18.7. The summed E-state index contributed by atoms with van der Waals surface area (Å²) in [5.41, 5.74) is 0.140. The minimum Gasteiger partial charge on any atom is -0.334 e. The molecule has 0 bridgehead atoms. The fourth-order valence-corrected chi connectivity index (χ4v) is 3.87. The maximum absolute atomic E-state index is 13.4. The Balaban J connectivity index is 1.90. The number of aromatic nitrogens is 1. The summed E-state index contributed by atoms with van der Waals surface area (Å²) in [6, 6.07) is 12.6. The van der Waals surface area contributed by atoms with Crippen LogP contribution >= 0.6 is 11.6 Å². The van der Waals surface area contributed by atoms with Gasteiger partial charge in [0.25, 0.3) is 0 Å². The second kappa shape index (κ2) is 9.47. The number of halogens is 1. The number of hydrogen-bond acceptors (Lipinski definition) is 4. The number of pyridine rings is 1. The lowest BCUT2D eigenvalue weighted by atomic mass is 9.97. The number of nitrogens with zero attached hydrogens (tertiary/aromatic N) is 4. The second-order valence-electron chi connectivity index (χ2n) is 8.32. The van der Waals surface area contributed by atoms with Gasteiger partial charge in [-0.05, 0) is 50.6 Å². The van der Waals surface area contributed by atoms with Crippen molar-refractivity contribution in [2.75, 3.05) is 18.0 Å². The first-order chi connectivity index (χ1) is 14.7. The number of hydrogen-bond donors (Lipinski definition) is 0. The minimum atomic E-state index is -0.753. The molecule has 7 nitrogen and oxygen atoms in total. The highest BCUT2D eigenvalue weighted by Crippen LogP contribution is 2.33. The standard InChI is InChI=1S/C23H27ClN4O3/c1-17(2)26(16-29)14-22(31)28(13-18-7-9-19(24)10-8-18)23(3)12-21(30)27(15-23)20-6-4-5-11-25-20/h4-11,16-17H,12-15H2,1-3H3. The van der Waals surface area contributed by atoms with Gasteiger partial charge in [-0.25, -0.2) is 4.98 Å². The zero-order chi connectivity index (χ0) is 22.6. The predicted molar refractivity (Wildman–Crippen MR) is 120 cm³/mol. The van der Waals surface area contributed by atoms with Crippen molar-refractivity contribution >= 4 is 35.6 Å². The molecule has 0 saturated carbocycles. The summed E-state index contributed by atoms with van der Waals surface area (Å²) in [6.07, 6.45) is 2.50. The van der Waals surface area contributed by atoms with E-state index >= 15 is 0 Å². The molecule has 2 heterocycles. The van der Waals surface area contributed by atoms with Crippen molar-refractivity contribution in [2.45, 2.75) is 45.3 Å². The van der Waals surface area contributed by atoms with Crippen LogP contribution in [0.4, 0.5) is 5.82 Å². The Morgan fingerprint density at radius 3 is 2.55 bits per heavy atom. The fourth-order valence-electron chi connectivity index (χ4n) is 3.74. The largest absolute Gasteiger partial charge is 0.334 e. The molecule has 1 fully saturated rings. The molecule has 1 atom stereocenters. The summed E-state index contributed by atoms with van der Waals surface area (Å²) in [6.45, 7) is 6.19. The van der Waals surface area contributed by atoms with Gasteiger partial charge in [0.15, 0.2) is 0 Å². The molecule has 2 aromatic rings. The third-order valence-corrected chi connectivity index (χ3v) is 5.83. The molecule has 1 saturated heterocycles. The van der Waals surface area contributed by atoms with Crippen molar-refractivity contribution in [3.8, 4) is 0 Å². The first-order valence-electron chi connectivity index (χ1n) is 10.2. The number of rotatable bonds is 8. The lowest BCUT2D eigenvalue weighted by molar-refractivity contribution is -0.142. The molecular weight excluding hydrogens is 416 g/mol. The fraction of sp³-hybridized carbons (Fsp3) is 0.391. The van der Waals surface area contributed by atoms with E-state index in [-0.39, 0.29) is 30.8 Å². The Bertz CT molecular complexity index is 936. The number of amides is 3. The quantitative estimate of drug-likeness (QED) is 0.589. The van der Waals surface area contributed by atoms with E-state index in [2.05, 4.69) is 4.98 Å². The lowest BCUT2D eigenvalue weighted by Gasteiger charge is -2.39. The van der Waals surface area contributed by atoms with Gasteiger partial charge in [0.2, 0.25) is 18.2 Å². The van der Waals surface area contributed by atoms with Crippen molar-refractivity contribution in [3.63, 3.8) is 0 Å². The van der Waals surface area contributed by atoms with Crippen LogP contribution in [0.25, 0.3) is 0 Å². The van der Waals surface area contributed by atoms with Crippen LogP contribution in [-0.2, 0) is 20.9 Å². The highest BCUT2D eigenvalue weighted by Gasteiger charge is 2.46. The second-order valence-corrected chi connectivity index (χ2v) is 8.76. The summed E-state index contributed by atoms with van der Waals surface area (Å²) < 4.78 is 0. The van der Waals surface area contributed by atoms with Crippen molar-refractivity contribution in [1.29, 1.82) is 0 Å². The third-order valence-electron chi connectivity index (χ3n) is 5.58. The molecule has 0 N–H and O–H groups in total. The number of benzene rings is 1. The van der Waals surface area contributed by atoms with Crippen LogP contribution in [0.3, 0.4) is 0 Å². The van der Waals surface area contributed by atoms with Crippen LogP contribution in [-0.4, -0.2) is 57.7 Å². The van der Waals surface area contributed by atoms with Crippen molar-refractivity contribution < 1.29 is 14.4 Å². The summed E-state index contributed by atoms with van der Waals surface area (Å²) in [4.78, 5) is 46.8. The number of carbonyl (C=O) groups excluding carboxylic acids is 3. The van der Waals surface area contributed by atoms with E-state index in [4.69, 9.17) is 11.6 Å². The minimum absolute atomic E-state index is 0.0534. The Morgan fingerprint density at radius 1 is 1.26 bits per heavy atom. The van der Waals surface area contributed by atoms with Gasteiger partial charge in [-0.3, -0.25) is 19.3 Å². The summed E-state index contributed by atoms with van der Waals surface area (Å²) >= 11 is 6.01. The molecule has 31 heavy (non-hydrogen) atoms. The van der Waals surface area contributed by atoms with Crippen LogP contribution in [0, 0.1) is 0 Å². The maximum Gasteiger partial charge on any atom is 0.243 e. The van der Waals surface area contributed by atoms with Crippen LogP contribution < -0.4 is 4.90 Å². The van der Waals surface area contributed by atoms with E-state index in [1.54, 1.807) is 40.3 Å². The Labute approximate surface area is 187 Å². The number of carbonyl (C=O) groups is 3. The average Bonchev–Trinajstić information content (AvgIpc) is 3.06. The van der Waals surface area contributed by atoms with E-state index in [0.717, 1.165) is 5.56 Å².